The molecule has 0 aromatic heterocycles. The molecule has 102 valence electrons. The van der Waals surface area contributed by atoms with E-state index in [9.17, 15) is 4.21 Å². The first-order valence-electron chi connectivity index (χ1n) is 7.26. The summed E-state index contributed by atoms with van der Waals surface area (Å²) in [5, 5.41) is 9.64. The van der Waals surface area contributed by atoms with Crippen molar-refractivity contribution in [1.82, 2.24) is 0 Å². The molecule has 0 bridgehead atoms. The summed E-state index contributed by atoms with van der Waals surface area (Å²) in [4.78, 5) is 0.807. The molecule has 0 saturated carbocycles. The van der Waals surface area contributed by atoms with E-state index in [2.05, 4.69) is 60.7 Å². The number of hydrogen-bond acceptors (Lipinski definition) is 1. The minimum atomic E-state index is 0.586. The van der Waals surface area contributed by atoms with Gasteiger partial charge in [0.25, 0.3) is 4.90 Å². The highest BCUT2D eigenvalue weighted by Crippen LogP contribution is 2.41. The summed E-state index contributed by atoms with van der Waals surface area (Å²) in [5.74, 6) is 0. The highest BCUT2D eigenvalue weighted by Gasteiger charge is 2.20. The molecule has 0 aliphatic carbocycles. The fourth-order valence-electron chi connectivity index (χ4n) is 3.70. The third-order valence-corrected chi connectivity index (χ3v) is 5.08. The topological polar surface area (TPSA) is 17.1 Å². The predicted molar refractivity (Wildman–Crippen MR) is 94.0 cm³/mol. The van der Waals surface area contributed by atoms with Crippen molar-refractivity contribution in [2.75, 3.05) is 0 Å². The Balaban J connectivity index is 2.31. The van der Waals surface area contributed by atoms with Crippen molar-refractivity contribution in [3.8, 4) is 0 Å². The molecule has 0 aliphatic heterocycles. The van der Waals surface area contributed by atoms with Gasteiger partial charge in [-0.05, 0) is 38.4 Å². The van der Waals surface area contributed by atoms with Gasteiger partial charge in [-0.25, -0.2) is 0 Å². The molecule has 0 spiro atoms. The molecule has 5 rings (SSSR count). The summed E-state index contributed by atoms with van der Waals surface area (Å²) in [6.45, 7) is 0. The van der Waals surface area contributed by atoms with E-state index in [0.29, 0.717) is 11.7 Å². The van der Waals surface area contributed by atoms with Crippen molar-refractivity contribution >= 4 is 54.8 Å². The second kappa shape index (κ2) is 4.21. The summed E-state index contributed by atoms with van der Waals surface area (Å²) >= 11 is 0.586. The Morgan fingerprint density at radius 1 is 0.545 bits per heavy atom. The molecule has 2 heteroatoms. The summed E-state index contributed by atoms with van der Waals surface area (Å²) in [7, 11) is 0. The minimum absolute atomic E-state index is 0.586. The van der Waals surface area contributed by atoms with E-state index in [4.69, 9.17) is 0 Å². The smallest absolute Gasteiger partial charge is 0.0610 e. The number of hydrogen-bond donors (Lipinski definition) is 0. The van der Waals surface area contributed by atoms with Crippen LogP contribution in [0, 0.1) is 0 Å². The molecule has 0 heterocycles. The minimum Gasteiger partial charge on any atom is -0.0610 e. The van der Waals surface area contributed by atoms with Gasteiger partial charge in [-0.2, -0.15) is 0 Å². The van der Waals surface area contributed by atoms with Gasteiger partial charge in [0.05, 0.1) is 5.39 Å². The fraction of sp³-hybridized carbons (Fsp3) is 0. The summed E-state index contributed by atoms with van der Waals surface area (Å²) in [6.07, 6.45) is 0. The van der Waals surface area contributed by atoms with E-state index in [0.717, 1.165) is 10.3 Å². The molecule has 1 nitrogen and oxygen atoms in total. The molecule has 0 unspecified atom stereocenters. The molecule has 5 aromatic rings. The van der Waals surface area contributed by atoms with Gasteiger partial charge >= 0.3 is 11.7 Å². The lowest BCUT2D eigenvalue weighted by atomic mass is 9.90. The van der Waals surface area contributed by atoms with Gasteiger partial charge in [-0.1, -0.05) is 54.6 Å². The lowest BCUT2D eigenvalue weighted by Gasteiger charge is -2.13. The molecular formula is C20H11OS+. The number of rotatable bonds is 1. The van der Waals surface area contributed by atoms with Crippen LogP contribution < -0.4 is 0 Å². The maximum atomic E-state index is 11.6. The Labute approximate surface area is 131 Å². The van der Waals surface area contributed by atoms with Crippen LogP contribution in [0.4, 0.5) is 0 Å². The largest absolute Gasteiger partial charge is 0.505 e. The van der Waals surface area contributed by atoms with Gasteiger partial charge in [0.15, 0.2) is 0 Å². The van der Waals surface area contributed by atoms with Crippen molar-refractivity contribution in [3.63, 3.8) is 0 Å². The molecular weight excluding hydrogens is 288 g/mol. The molecule has 5 aromatic carbocycles. The van der Waals surface area contributed by atoms with Crippen LogP contribution in [0.1, 0.15) is 0 Å². The van der Waals surface area contributed by atoms with Crippen LogP contribution in [0.3, 0.4) is 0 Å². The van der Waals surface area contributed by atoms with Crippen LogP contribution in [-0.2, 0) is 15.9 Å². The average Bonchev–Trinajstić information content (AvgIpc) is 2.59. The zero-order valence-electron chi connectivity index (χ0n) is 11.7. The first-order chi connectivity index (χ1) is 10.9. The normalized spacial score (nSPS) is 11.8. The lowest BCUT2D eigenvalue weighted by Crippen LogP contribution is -1.89. The molecule has 22 heavy (non-hydrogen) atoms. The average molecular weight is 299 g/mol. The van der Waals surface area contributed by atoms with Gasteiger partial charge in [0.1, 0.15) is 0 Å². The Kier molecular flexibility index (Phi) is 2.30. The van der Waals surface area contributed by atoms with Gasteiger partial charge < -0.3 is 0 Å². The second-order valence-corrected chi connectivity index (χ2v) is 6.24. The summed E-state index contributed by atoms with van der Waals surface area (Å²) in [5.41, 5.74) is 0. The Morgan fingerprint density at radius 2 is 1.14 bits per heavy atom. The molecule has 0 fully saturated rings. The molecule has 0 aliphatic rings. The zero-order chi connectivity index (χ0) is 14.7. The van der Waals surface area contributed by atoms with Crippen LogP contribution in [-0.4, -0.2) is 0 Å². The van der Waals surface area contributed by atoms with Crippen molar-refractivity contribution < 1.29 is 4.21 Å². The fourth-order valence-corrected chi connectivity index (χ4v) is 4.11. The number of benzene rings is 5. The van der Waals surface area contributed by atoms with Crippen molar-refractivity contribution in [2.45, 2.75) is 4.90 Å². The highest BCUT2D eigenvalue weighted by molar-refractivity contribution is 7.66. The maximum Gasteiger partial charge on any atom is 0.505 e. The molecule has 0 amide bonds. The van der Waals surface area contributed by atoms with Crippen molar-refractivity contribution in [3.05, 3.63) is 66.7 Å². The Hall–Kier alpha value is -2.58. The Morgan fingerprint density at radius 3 is 1.82 bits per heavy atom. The van der Waals surface area contributed by atoms with Crippen LogP contribution >= 0.6 is 0 Å². The zero-order valence-corrected chi connectivity index (χ0v) is 12.5. The van der Waals surface area contributed by atoms with Crippen molar-refractivity contribution in [1.29, 1.82) is 0 Å². The molecule has 0 radical (unpaired) electrons. The third kappa shape index (κ3) is 1.38. The Bertz CT molecular complexity index is 1180. The van der Waals surface area contributed by atoms with E-state index in [1.54, 1.807) is 0 Å². The van der Waals surface area contributed by atoms with Gasteiger partial charge in [-0.3, -0.25) is 0 Å². The van der Waals surface area contributed by atoms with Crippen LogP contribution in [0.25, 0.3) is 43.1 Å². The second-order valence-electron chi connectivity index (χ2n) is 5.63. The van der Waals surface area contributed by atoms with Crippen molar-refractivity contribution in [2.24, 2.45) is 0 Å². The van der Waals surface area contributed by atoms with E-state index >= 15 is 0 Å². The highest BCUT2D eigenvalue weighted by atomic mass is 32.1. The molecule has 0 saturated heterocycles. The monoisotopic (exact) mass is 299 g/mol. The van der Waals surface area contributed by atoms with Crippen LogP contribution in [0.5, 0.6) is 0 Å². The lowest BCUT2D eigenvalue weighted by molar-refractivity contribution is 0.605. The maximum absolute atomic E-state index is 11.6. The van der Waals surface area contributed by atoms with E-state index < -0.39 is 0 Å². The predicted octanol–water partition coefficient (Wildman–Crippen LogP) is 5.52. The summed E-state index contributed by atoms with van der Waals surface area (Å²) < 4.78 is 11.6. The third-order valence-electron chi connectivity index (χ3n) is 4.56. The van der Waals surface area contributed by atoms with Gasteiger partial charge in [0, 0.05) is 15.7 Å². The first kappa shape index (κ1) is 12.0. The summed E-state index contributed by atoms with van der Waals surface area (Å²) in [6, 6.07) is 23.2. The standard InChI is InChI=1S/C20H11OS/c21-22-17-11-10-13-6-2-8-15-14-7-1-4-12-5-3-9-16(18(12)14)20(17)19(13)15/h1-11H/q+1. The molecule has 0 N–H and O–H groups in total. The quantitative estimate of drug-likeness (QED) is 0.226. The molecule has 0 atom stereocenters. The van der Waals surface area contributed by atoms with Crippen LogP contribution in [0.2, 0.25) is 0 Å². The SMILES string of the molecule is O=[S+]c1ccc2cccc3c4cccc5cccc(c1c23)c54. The van der Waals surface area contributed by atoms with E-state index in [-0.39, 0.29) is 0 Å². The van der Waals surface area contributed by atoms with Crippen LogP contribution in [0.15, 0.2) is 71.6 Å². The van der Waals surface area contributed by atoms with E-state index in [1.165, 1.54) is 37.7 Å². The van der Waals surface area contributed by atoms with Gasteiger partial charge in [-0.15, -0.1) is 0 Å². The van der Waals surface area contributed by atoms with Gasteiger partial charge in [0.2, 0.25) is 0 Å². The first-order valence-corrected chi connectivity index (χ1v) is 8.01. The number of fused-ring (bicyclic) bond motifs is 2. The van der Waals surface area contributed by atoms with E-state index in [1.807, 2.05) is 6.07 Å².